The number of carbonyl (C=O) groups is 1. The number of urea groups is 1. The summed E-state index contributed by atoms with van der Waals surface area (Å²) in [6.07, 6.45) is 3.55. The standard InChI is InChI=1S/C19H20N4O/c1-14-8-9-16(15(2)12-14)13-20-19(24)22-17-6-3-4-7-18(17)23-11-5-10-21-23/h3-12H,13H2,1-2H3,(H2,20,22,24). The number of nitrogens with zero attached hydrogens (tertiary/aromatic N) is 2. The highest BCUT2D eigenvalue weighted by Gasteiger charge is 2.08. The molecular weight excluding hydrogens is 300 g/mol. The zero-order valence-corrected chi connectivity index (χ0v) is 13.8. The largest absolute Gasteiger partial charge is 0.334 e. The highest BCUT2D eigenvalue weighted by Crippen LogP contribution is 2.19. The van der Waals surface area contributed by atoms with Crippen molar-refractivity contribution in [1.82, 2.24) is 15.1 Å². The van der Waals surface area contributed by atoms with Crippen LogP contribution in [0, 0.1) is 13.8 Å². The minimum absolute atomic E-state index is 0.241. The van der Waals surface area contributed by atoms with Gasteiger partial charge < -0.3 is 10.6 Å². The van der Waals surface area contributed by atoms with Gasteiger partial charge in [0.05, 0.1) is 11.4 Å². The second-order valence-corrected chi connectivity index (χ2v) is 5.71. The number of hydrogen-bond acceptors (Lipinski definition) is 2. The molecule has 1 heterocycles. The Morgan fingerprint density at radius 1 is 1.12 bits per heavy atom. The maximum atomic E-state index is 12.2. The summed E-state index contributed by atoms with van der Waals surface area (Å²) in [5, 5.41) is 10.0. The number of carbonyl (C=O) groups excluding carboxylic acids is 1. The average molecular weight is 320 g/mol. The Labute approximate surface area is 141 Å². The molecule has 2 N–H and O–H groups in total. The molecule has 0 aliphatic rings. The van der Waals surface area contributed by atoms with Crippen LogP contribution in [0.25, 0.3) is 5.69 Å². The first-order valence-electron chi connectivity index (χ1n) is 7.83. The van der Waals surface area contributed by atoms with Gasteiger partial charge in [-0.1, -0.05) is 35.9 Å². The molecule has 2 aromatic carbocycles. The molecule has 0 fully saturated rings. The molecule has 0 bridgehead atoms. The fourth-order valence-electron chi connectivity index (χ4n) is 2.58. The highest BCUT2D eigenvalue weighted by molar-refractivity contribution is 5.91. The molecule has 0 spiro atoms. The molecule has 3 aromatic rings. The first kappa shape index (κ1) is 15.8. The van der Waals surface area contributed by atoms with Gasteiger partial charge in [-0.15, -0.1) is 0 Å². The molecule has 0 unspecified atom stereocenters. The molecule has 0 aliphatic carbocycles. The second-order valence-electron chi connectivity index (χ2n) is 5.71. The zero-order chi connectivity index (χ0) is 16.9. The molecule has 0 radical (unpaired) electrons. The lowest BCUT2D eigenvalue weighted by atomic mass is 10.1. The van der Waals surface area contributed by atoms with Crippen LogP contribution in [0.4, 0.5) is 10.5 Å². The molecule has 3 rings (SSSR count). The predicted molar refractivity (Wildman–Crippen MR) is 95.3 cm³/mol. The van der Waals surface area contributed by atoms with Gasteiger partial charge in [-0.25, -0.2) is 9.48 Å². The van der Waals surface area contributed by atoms with Gasteiger partial charge in [-0.2, -0.15) is 5.10 Å². The van der Waals surface area contributed by atoms with E-state index in [2.05, 4.69) is 41.7 Å². The van der Waals surface area contributed by atoms with Gasteiger partial charge in [0.2, 0.25) is 0 Å². The van der Waals surface area contributed by atoms with E-state index < -0.39 is 0 Å². The Balaban J connectivity index is 1.67. The molecule has 2 amide bonds. The first-order valence-corrected chi connectivity index (χ1v) is 7.83. The van der Waals surface area contributed by atoms with E-state index >= 15 is 0 Å². The van der Waals surface area contributed by atoms with Gasteiger partial charge in [-0.3, -0.25) is 0 Å². The third-order valence-corrected chi connectivity index (χ3v) is 3.84. The van der Waals surface area contributed by atoms with Gasteiger partial charge in [0.1, 0.15) is 0 Å². The van der Waals surface area contributed by atoms with E-state index in [9.17, 15) is 4.79 Å². The van der Waals surface area contributed by atoms with Gasteiger partial charge >= 0.3 is 6.03 Å². The summed E-state index contributed by atoms with van der Waals surface area (Å²) in [4.78, 5) is 12.2. The summed E-state index contributed by atoms with van der Waals surface area (Å²) < 4.78 is 1.72. The van der Waals surface area contributed by atoms with E-state index in [1.165, 1.54) is 11.1 Å². The molecule has 122 valence electrons. The normalized spacial score (nSPS) is 10.4. The fourth-order valence-corrected chi connectivity index (χ4v) is 2.58. The number of benzene rings is 2. The maximum absolute atomic E-state index is 12.2. The Morgan fingerprint density at radius 3 is 2.71 bits per heavy atom. The lowest BCUT2D eigenvalue weighted by Crippen LogP contribution is -2.29. The van der Waals surface area contributed by atoms with Crippen LogP contribution >= 0.6 is 0 Å². The third-order valence-electron chi connectivity index (χ3n) is 3.84. The van der Waals surface area contributed by atoms with E-state index in [0.717, 1.165) is 11.3 Å². The van der Waals surface area contributed by atoms with Crippen LogP contribution < -0.4 is 10.6 Å². The van der Waals surface area contributed by atoms with Gasteiger partial charge in [0.15, 0.2) is 0 Å². The van der Waals surface area contributed by atoms with Crippen LogP contribution in [0.2, 0.25) is 0 Å². The molecule has 0 aliphatic heterocycles. The smallest absolute Gasteiger partial charge is 0.319 e. The van der Waals surface area contributed by atoms with Crippen molar-refractivity contribution in [2.75, 3.05) is 5.32 Å². The SMILES string of the molecule is Cc1ccc(CNC(=O)Nc2ccccc2-n2cccn2)c(C)c1. The first-order chi connectivity index (χ1) is 11.6. The number of aromatic nitrogens is 2. The van der Waals surface area contributed by atoms with E-state index in [1.807, 2.05) is 42.6 Å². The number of amides is 2. The van der Waals surface area contributed by atoms with Crippen LogP contribution in [-0.4, -0.2) is 15.8 Å². The van der Waals surface area contributed by atoms with Gasteiger partial charge in [0, 0.05) is 18.9 Å². The number of nitrogens with one attached hydrogen (secondary N) is 2. The Kier molecular flexibility index (Phi) is 4.61. The molecule has 5 heteroatoms. The van der Waals surface area contributed by atoms with Crippen molar-refractivity contribution in [2.45, 2.75) is 20.4 Å². The van der Waals surface area contributed by atoms with Crippen LogP contribution in [-0.2, 0) is 6.54 Å². The summed E-state index contributed by atoms with van der Waals surface area (Å²) in [6, 6.07) is 15.4. The van der Waals surface area contributed by atoms with Crippen molar-refractivity contribution in [3.63, 3.8) is 0 Å². The molecule has 0 atom stereocenters. The van der Waals surface area contributed by atoms with Gasteiger partial charge in [-0.05, 0) is 43.2 Å². The molecule has 24 heavy (non-hydrogen) atoms. The second kappa shape index (κ2) is 7.00. The topological polar surface area (TPSA) is 59.0 Å². The summed E-state index contributed by atoms with van der Waals surface area (Å²) in [6.45, 7) is 4.60. The molecule has 0 saturated carbocycles. The van der Waals surface area contributed by atoms with Gasteiger partial charge in [0.25, 0.3) is 0 Å². The Bertz CT molecular complexity index is 840. The van der Waals surface area contributed by atoms with Crippen molar-refractivity contribution < 1.29 is 4.79 Å². The quantitative estimate of drug-likeness (QED) is 0.768. The van der Waals surface area contributed by atoms with Crippen molar-refractivity contribution in [3.8, 4) is 5.69 Å². The van der Waals surface area contributed by atoms with E-state index in [0.29, 0.717) is 12.2 Å². The Morgan fingerprint density at radius 2 is 1.96 bits per heavy atom. The van der Waals surface area contributed by atoms with E-state index in [4.69, 9.17) is 0 Å². The molecule has 0 saturated heterocycles. The van der Waals surface area contributed by atoms with Crippen molar-refractivity contribution >= 4 is 11.7 Å². The summed E-state index contributed by atoms with van der Waals surface area (Å²) in [5.74, 6) is 0. The average Bonchev–Trinajstić information content (AvgIpc) is 3.09. The van der Waals surface area contributed by atoms with Crippen LogP contribution in [0.15, 0.2) is 60.9 Å². The summed E-state index contributed by atoms with van der Waals surface area (Å²) >= 11 is 0. The number of aryl methyl sites for hydroxylation is 2. The minimum atomic E-state index is -0.241. The number of rotatable bonds is 4. The van der Waals surface area contributed by atoms with E-state index in [1.54, 1.807) is 10.9 Å². The summed E-state index contributed by atoms with van der Waals surface area (Å²) in [7, 11) is 0. The van der Waals surface area contributed by atoms with Crippen molar-refractivity contribution in [2.24, 2.45) is 0 Å². The molecule has 5 nitrogen and oxygen atoms in total. The lowest BCUT2D eigenvalue weighted by molar-refractivity contribution is 0.251. The van der Waals surface area contributed by atoms with Crippen LogP contribution in [0.1, 0.15) is 16.7 Å². The lowest BCUT2D eigenvalue weighted by Gasteiger charge is -2.13. The third kappa shape index (κ3) is 3.63. The predicted octanol–water partition coefficient (Wildman–Crippen LogP) is 3.81. The minimum Gasteiger partial charge on any atom is -0.334 e. The fraction of sp³-hybridized carbons (Fsp3) is 0.158. The summed E-state index contributed by atoms with van der Waals surface area (Å²) in [5.41, 5.74) is 5.03. The van der Waals surface area contributed by atoms with Crippen molar-refractivity contribution in [3.05, 3.63) is 77.6 Å². The van der Waals surface area contributed by atoms with Crippen LogP contribution in [0.5, 0.6) is 0 Å². The maximum Gasteiger partial charge on any atom is 0.319 e. The molecule has 1 aromatic heterocycles. The number of anilines is 1. The van der Waals surface area contributed by atoms with Crippen molar-refractivity contribution in [1.29, 1.82) is 0 Å². The van der Waals surface area contributed by atoms with E-state index in [-0.39, 0.29) is 6.03 Å². The molecular formula is C19H20N4O. The zero-order valence-electron chi connectivity index (χ0n) is 13.8. The number of para-hydroxylation sites is 2. The monoisotopic (exact) mass is 320 g/mol. The highest BCUT2D eigenvalue weighted by atomic mass is 16.2. The number of hydrogen-bond donors (Lipinski definition) is 2. The van der Waals surface area contributed by atoms with Crippen LogP contribution in [0.3, 0.4) is 0 Å². The Hall–Kier alpha value is -3.08.